The number of aliphatic hydroxyl groups is 2. The zero-order chi connectivity index (χ0) is 10.6. The number of hydrogen-bond acceptors (Lipinski definition) is 5. The SMILES string of the molecule is COC[C@@H](O)c1cnnn1C(C)CO. The van der Waals surface area contributed by atoms with E-state index < -0.39 is 6.10 Å². The van der Waals surface area contributed by atoms with Crippen molar-refractivity contribution in [1.82, 2.24) is 15.0 Å². The molecule has 1 heterocycles. The molecule has 2 atom stereocenters. The fraction of sp³-hybridized carbons (Fsp3) is 0.750. The second-order valence-corrected chi connectivity index (χ2v) is 3.11. The zero-order valence-electron chi connectivity index (χ0n) is 8.29. The van der Waals surface area contributed by atoms with Crippen molar-refractivity contribution in [3.8, 4) is 0 Å². The monoisotopic (exact) mass is 201 g/mol. The molecule has 80 valence electrons. The van der Waals surface area contributed by atoms with Crippen LogP contribution in [0.4, 0.5) is 0 Å². The van der Waals surface area contributed by atoms with Crippen LogP contribution in [-0.2, 0) is 4.74 Å². The Morgan fingerprint density at radius 3 is 2.93 bits per heavy atom. The van der Waals surface area contributed by atoms with Crippen LogP contribution in [0, 0.1) is 0 Å². The van der Waals surface area contributed by atoms with Gasteiger partial charge in [-0.15, -0.1) is 5.10 Å². The van der Waals surface area contributed by atoms with Crippen molar-refractivity contribution in [1.29, 1.82) is 0 Å². The zero-order valence-corrected chi connectivity index (χ0v) is 8.29. The summed E-state index contributed by atoms with van der Waals surface area (Å²) in [6.07, 6.45) is 0.708. The summed E-state index contributed by atoms with van der Waals surface area (Å²) in [6, 6.07) is -0.195. The maximum Gasteiger partial charge on any atom is 0.120 e. The quantitative estimate of drug-likeness (QED) is 0.672. The van der Waals surface area contributed by atoms with Crippen molar-refractivity contribution < 1.29 is 14.9 Å². The minimum absolute atomic E-state index is 0.0456. The van der Waals surface area contributed by atoms with E-state index in [1.807, 2.05) is 0 Å². The minimum atomic E-state index is -0.760. The average molecular weight is 201 g/mol. The highest BCUT2D eigenvalue weighted by Gasteiger charge is 2.17. The van der Waals surface area contributed by atoms with Gasteiger partial charge in [0.15, 0.2) is 0 Å². The van der Waals surface area contributed by atoms with E-state index in [-0.39, 0.29) is 19.3 Å². The highest BCUT2D eigenvalue weighted by molar-refractivity contribution is 5.00. The van der Waals surface area contributed by atoms with Crippen LogP contribution in [0.2, 0.25) is 0 Å². The summed E-state index contributed by atoms with van der Waals surface area (Å²) in [4.78, 5) is 0. The molecule has 1 aromatic rings. The first-order valence-electron chi connectivity index (χ1n) is 4.38. The van der Waals surface area contributed by atoms with E-state index in [1.54, 1.807) is 6.92 Å². The molecular weight excluding hydrogens is 186 g/mol. The van der Waals surface area contributed by atoms with E-state index in [0.29, 0.717) is 5.69 Å². The Kier molecular flexibility index (Phi) is 3.99. The minimum Gasteiger partial charge on any atom is -0.394 e. The lowest BCUT2D eigenvalue weighted by molar-refractivity contribution is 0.0563. The Balaban J connectivity index is 2.81. The Labute approximate surface area is 82.1 Å². The highest BCUT2D eigenvalue weighted by Crippen LogP contribution is 2.15. The lowest BCUT2D eigenvalue weighted by Gasteiger charge is -2.15. The standard InChI is InChI=1S/C8H15N3O3/c1-6(4-12)11-7(3-9-10-11)8(13)5-14-2/h3,6,8,12-13H,4-5H2,1-2H3/t6?,8-/m1/s1. The van der Waals surface area contributed by atoms with Crippen LogP contribution >= 0.6 is 0 Å². The second-order valence-electron chi connectivity index (χ2n) is 3.11. The molecule has 1 aromatic heterocycles. The van der Waals surface area contributed by atoms with Gasteiger partial charge >= 0.3 is 0 Å². The predicted octanol–water partition coefficient (Wildman–Crippen LogP) is -0.489. The molecule has 0 bridgehead atoms. The van der Waals surface area contributed by atoms with Gasteiger partial charge in [0, 0.05) is 7.11 Å². The van der Waals surface area contributed by atoms with Gasteiger partial charge in [-0.05, 0) is 6.92 Å². The van der Waals surface area contributed by atoms with Crippen LogP contribution in [0.5, 0.6) is 0 Å². The predicted molar refractivity (Wildman–Crippen MR) is 48.7 cm³/mol. The third-order valence-corrected chi connectivity index (χ3v) is 1.95. The van der Waals surface area contributed by atoms with E-state index >= 15 is 0 Å². The third kappa shape index (κ3) is 2.28. The van der Waals surface area contributed by atoms with Crippen LogP contribution in [0.3, 0.4) is 0 Å². The fourth-order valence-corrected chi connectivity index (χ4v) is 1.15. The van der Waals surface area contributed by atoms with Gasteiger partial charge in [0.25, 0.3) is 0 Å². The molecule has 0 radical (unpaired) electrons. The van der Waals surface area contributed by atoms with Gasteiger partial charge in [-0.25, -0.2) is 4.68 Å². The van der Waals surface area contributed by atoms with Crippen molar-refractivity contribution in [2.75, 3.05) is 20.3 Å². The summed E-state index contributed by atoms with van der Waals surface area (Å²) in [5.41, 5.74) is 0.549. The van der Waals surface area contributed by atoms with Crippen LogP contribution in [0.25, 0.3) is 0 Å². The summed E-state index contributed by atoms with van der Waals surface area (Å²) >= 11 is 0. The van der Waals surface area contributed by atoms with Gasteiger partial charge in [0.1, 0.15) is 6.10 Å². The molecule has 0 aliphatic rings. The molecule has 6 nitrogen and oxygen atoms in total. The number of rotatable bonds is 5. The van der Waals surface area contributed by atoms with Crippen molar-refractivity contribution >= 4 is 0 Å². The molecule has 0 aliphatic carbocycles. The van der Waals surface area contributed by atoms with Gasteiger partial charge in [-0.1, -0.05) is 5.21 Å². The highest BCUT2D eigenvalue weighted by atomic mass is 16.5. The first kappa shape index (κ1) is 11.1. The van der Waals surface area contributed by atoms with Crippen molar-refractivity contribution in [2.24, 2.45) is 0 Å². The topological polar surface area (TPSA) is 80.4 Å². The third-order valence-electron chi connectivity index (χ3n) is 1.95. The van der Waals surface area contributed by atoms with Crippen molar-refractivity contribution in [3.63, 3.8) is 0 Å². The molecule has 1 unspecified atom stereocenters. The van der Waals surface area contributed by atoms with Gasteiger partial charge in [0.05, 0.1) is 31.1 Å². The van der Waals surface area contributed by atoms with Crippen LogP contribution in [0.15, 0.2) is 6.20 Å². The first-order chi connectivity index (χ1) is 6.70. The summed E-state index contributed by atoms with van der Waals surface area (Å²) in [5.74, 6) is 0. The molecule has 0 fully saturated rings. The number of ether oxygens (including phenoxy) is 1. The normalized spacial score (nSPS) is 15.4. The summed E-state index contributed by atoms with van der Waals surface area (Å²) in [5, 5.41) is 26.0. The van der Waals surface area contributed by atoms with Crippen LogP contribution < -0.4 is 0 Å². The summed E-state index contributed by atoms with van der Waals surface area (Å²) in [6.45, 7) is 1.93. The number of nitrogens with zero attached hydrogens (tertiary/aromatic N) is 3. The molecule has 1 rings (SSSR count). The number of methoxy groups -OCH3 is 1. The Hall–Kier alpha value is -0.980. The Morgan fingerprint density at radius 2 is 2.36 bits per heavy atom. The van der Waals surface area contributed by atoms with Crippen LogP contribution in [-0.4, -0.2) is 45.5 Å². The smallest absolute Gasteiger partial charge is 0.120 e. The van der Waals surface area contributed by atoms with E-state index in [0.717, 1.165) is 0 Å². The number of aliphatic hydroxyl groups excluding tert-OH is 2. The maximum absolute atomic E-state index is 9.63. The molecule has 0 spiro atoms. The van der Waals surface area contributed by atoms with Gasteiger partial charge < -0.3 is 14.9 Å². The summed E-state index contributed by atoms with van der Waals surface area (Å²) < 4.78 is 6.30. The van der Waals surface area contributed by atoms with Gasteiger partial charge in [0.2, 0.25) is 0 Å². The van der Waals surface area contributed by atoms with E-state index in [2.05, 4.69) is 10.3 Å². The average Bonchev–Trinajstić information content (AvgIpc) is 2.65. The van der Waals surface area contributed by atoms with E-state index in [4.69, 9.17) is 9.84 Å². The lowest BCUT2D eigenvalue weighted by Crippen LogP contribution is -2.18. The largest absolute Gasteiger partial charge is 0.394 e. The molecule has 6 heteroatoms. The van der Waals surface area contributed by atoms with Crippen molar-refractivity contribution in [2.45, 2.75) is 19.1 Å². The molecule has 2 N–H and O–H groups in total. The first-order valence-corrected chi connectivity index (χ1v) is 4.38. The Morgan fingerprint density at radius 1 is 1.64 bits per heavy atom. The molecule has 0 saturated heterocycles. The molecule has 0 aliphatic heterocycles. The summed E-state index contributed by atoms with van der Waals surface area (Å²) in [7, 11) is 1.51. The van der Waals surface area contributed by atoms with Gasteiger partial charge in [-0.3, -0.25) is 0 Å². The molecular formula is C8H15N3O3. The van der Waals surface area contributed by atoms with Crippen molar-refractivity contribution in [3.05, 3.63) is 11.9 Å². The second kappa shape index (κ2) is 5.04. The lowest BCUT2D eigenvalue weighted by atomic mass is 10.2. The number of aromatic nitrogens is 3. The maximum atomic E-state index is 9.63. The molecule has 14 heavy (non-hydrogen) atoms. The van der Waals surface area contributed by atoms with Gasteiger partial charge in [-0.2, -0.15) is 0 Å². The van der Waals surface area contributed by atoms with E-state index in [9.17, 15) is 5.11 Å². The Bertz CT molecular complexity index is 277. The molecule has 0 aromatic carbocycles. The number of hydrogen-bond donors (Lipinski definition) is 2. The molecule has 0 saturated carbocycles. The fourth-order valence-electron chi connectivity index (χ4n) is 1.15. The van der Waals surface area contributed by atoms with Crippen LogP contribution in [0.1, 0.15) is 24.8 Å². The van der Waals surface area contributed by atoms with E-state index in [1.165, 1.54) is 18.0 Å². The molecule has 0 amide bonds.